The average molecular weight is 315 g/mol. The molecule has 0 aliphatic rings. The number of hydrogen-bond acceptors (Lipinski definition) is 3. The minimum atomic E-state index is -4.46. The highest BCUT2D eigenvalue weighted by Crippen LogP contribution is 2.27. The summed E-state index contributed by atoms with van der Waals surface area (Å²) in [6.45, 7) is 0. The summed E-state index contributed by atoms with van der Waals surface area (Å²) in [6.07, 6.45) is -1.43. The minimum absolute atomic E-state index is 0.154. The van der Waals surface area contributed by atoms with Crippen LogP contribution in [-0.2, 0) is 12.6 Å². The Bertz CT molecular complexity index is 641. The molecule has 0 saturated heterocycles. The molecule has 0 radical (unpaired) electrons. The lowest BCUT2D eigenvalue weighted by Crippen LogP contribution is -2.08. The minimum Gasteiger partial charge on any atom is -0.294 e. The molecule has 0 saturated carbocycles. The molecular formula is C14H10ClF3N2O. The topological polar surface area (TPSA) is 42.9 Å². The van der Waals surface area contributed by atoms with Crippen molar-refractivity contribution in [3.05, 3.63) is 58.6 Å². The number of rotatable bonds is 4. The Kier molecular flexibility index (Phi) is 4.57. The zero-order chi connectivity index (χ0) is 15.5. The molecule has 0 spiro atoms. The molecule has 0 fully saturated rings. The van der Waals surface area contributed by atoms with Crippen LogP contribution in [0.2, 0.25) is 5.15 Å². The smallest absolute Gasteiger partial charge is 0.294 e. The number of pyridine rings is 2. The Morgan fingerprint density at radius 1 is 1.19 bits per heavy atom. The molecule has 7 heteroatoms. The molecule has 3 nitrogen and oxygen atoms in total. The van der Waals surface area contributed by atoms with Gasteiger partial charge in [0.05, 0.1) is 0 Å². The lowest BCUT2D eigenvalue weighted by molar-refractivity contribution is -0.141. The van der Waals surface area contributed by atoms with E-state index in [0.29, 0.717) is 17.5 Å². The van der Waals surface area contributed by atoms with Crippen molar-refractivity contribution in [1.82, 2.24) is 9.97 Å². The second kappa shape index (κ2) is 6.22. The standard InChI is InChI=1S/C14H10ClF3N2O/c15-13-7-10(5-6-19-13)11(21)3-1-9-2-4-12(20-8-9)14(16,17)18/h2,4-8H,1,3H2. The zero-order valence-electron chi connectivity index (χ0n) is 10.7. The first kappa shape index (κ1) is 15.4. The van der Waals surface area contributed by atoms with Crippen molar-refractivity contribution < 1.29 is 18.0 Å². The molecule has 0 unspecified atom stereocenters. The zero-order valence-corrected chi connectivity index (χ0v) is 11.4. The molecule has 0 N–H and O–H groups in total. The van der Waals surface area contributed by atoms with Gasteiger partial charge < -0.3 is 0 Å². The van der Waals surface area contributed by atoms with E-state index in [1.54, 1.807) is 6.07 Å². The molecule has 0 aliphatic heterocycles. The van der Waals surface area contributed by atoms with Gasteiger partial charge in [-0.3, -0.25) is 9.78 Å². The molecule has 2 aromatic rings. The van der Waals surface area contributed by atoms with E-state index in [-0.39, 0.29) is 17.4 Å². The van der Waals surface area contributed by atoms with Gasteiger partial charge in [-0.05, 0) is 30.2 Å². The third kappa shape index (κ3) is 4.26. The Hall–Kier alpha value is -1.95. The number of halogens is 4. The van der Waals surface area contributed by atoms with Crippen molar-refractivity contribution in [1.29, 1.82) is 0 Å². The summed E-state index contributed by atoms with van der Waals surface area (Å²) in [5.41, 5.74) is 0.0462. The number of Topliss-reactive ketones (excluding diaryl/α,β-unsaturated/α-hetero) is 1. The Morgan fingerprint density at radius 2 is 1.95 bits per heavy atom. The maximum absolute atomic E-state index is 12.4. The van der Waals surface area contributed by atoms with Gasteiger partial charge in [-0.1, -0.05) is 17.7 Å². The third-order valence-electron chi connectivity index (χ3n) is 2.80. The van der Waals surface area contributed by atoms with Crippen molar-refractivity contribution in [2.75, 3.05) is 0 Å². The van der Waals surface area contributed by atoms with Gasteiger partial charge >= 0.3 is 6.18 Å². The maximum atomic E-state index is 12.4. The van der Waals surface area contributed by atoms with Crippen LogP contribution >= 0.6 is 11.6 Å². The van der Waals surface area contributed by atoms with Gasteiger partial charge in [0, 0.05) is 24.4 Å². The number of alkyl halides is 3. The van der Waals surface area contributed by atoms with Gasteiger partial charge in [0.2, 0.25) is 0 Å². The van der Waals surface area contributed by atoms with Gasteiger partial charge in [-0.25, -0.2) is 4.98 Å². The number of carbonyl (C=O) groups excluding carboxylic acids is 1. The fourth-order valence-corrected chi connectivity index (χ4v) is 1.89. The summed E-state index contributed by atoms with van der Waals surface area (Å²) >= 11 is 5.69. The highest BCUT2D eigenvalue weighted by molar-refractivity contribution is 6.29. The number of ketones is 1. The van der Waals surface area contributed by atoms with Crippen LogP contribution in [0, 0.1) is 0 Å². The fourth-order valence-electron chi connectivity index (χ4n) is 1.72. The maximum Gasteiger partial charge on any atom is 0.433 e. The van der Waals surface area contributed by atoms with E-state index in [2.05, 4.69) is 9.97 Å². The SMILES string of the molecule is O=C(CCc1ccc(C(F)(F)F)nc1)c1ccnc(Cl)c1. The predicted octanol–water partition coefficient (Wildman–Crippen LogP) is 3.96. The van der Waals surface area contributed by atoms with Gasteiger partial charge in [-0.15, -0.1) is 0 Å². The average Bonchev–Trinajstić information content (AvgIpc) is 2.44. The number of nitrogens with zero attached hydrogens (tertiary/aromatic N) is 2. The van der Waals surface area contributed by atoms with Crippen LogP contribution in [-0.4, -0.2) is 15.8 Å². The van der Waals surface area contributed by atoms with E-state index < -0.39 is 11.9 Å². The summed E-state index contributed by atoms with van der Waals surface area (Å²) in [5, 5.41) is 0.219. The largest absolute Gasteiger partial charge is 0.433 e. The molecule has 2 aromatic heterocycles. The first-order valence-corrected chi connectivity index (χ1v) is 6.41. The van der Waals surface area contributed by atoms with Crippen LogP contribution in [0.3, 0.4) is 0 Å². The summed E-state index contributed by atoms with van der Waals surface area (Å²) < 4.78 is 37.1. The van der Waals surface area contributed by atoms with Crippen molar-refractivity contribution in [3.8, 4) is 0 Å². The van der Waals surface area contributed by atoms with E-state index in [9.17, 15) is 18.0 Å². The van der Waals surface area contributed by atoms with E-state index in [1.165, 1.54) is 18.3 Å². The molecule has 0 amide bonds. The molecule has 2 heterocycles. The van der Waals surface area contributed by atoms with Gasteiger partial charge in [0.25, 0.3) is 0 Å². The van der Waals surface area contributed by atoms with Crippen LogP contribution in [0.5, 0.6) is 0 Å². The number of carbonyl (C=O) groups is 1. The lowest BCUT2D eigenvalue weighted by atomic mass is 10.0. The van der Waals surface area contributed by atoms with Crippen LogP contribution in [0.1, 0.15) is 28.0 Å². The monoisotopic (exact) mass is 314 g/mol. The van der Waals surface area contributed by atoms with E-state index in [4.69, 9.17) is 11.6 Å². The molecular weight excluding hydrogens is 305 g/mol. The Labute approximate surface area is 123 Å². The van der Waals surface area contributed by atoms with Crippen LogP contribution in [0.25, 0.3) is 0 Å². The molecule has 110 valence electrons. The van der Waals surface area contributed by atoms with E-state index in [0.717, 1.165) is 12.3 Å². The van der Waals surface area contributed by atoms with Crippen molar-refractivity contribution in [3.63, 3.8) is 0 Å². The highest BCUT2D eigenvalue weighted by atomic mass is 35.5. The van der Waals surface area contributed by atoms with Crippen molar-refractivity contribution in [2.24, 2.45) is 0 Å². The first-order valence-electron chi connectivity index (χ1n) is 6.03. The summed E-state index contributed by atoms with van der Waals surface area (Å²) in [6, 6.07) is 5.22. The molecule has 21 heavy (non-hydrogen) atoms. The summed E-state index contributed by atoms with van der Waals surface area (Å²) in [5.74, 6) is -0.154. The third-order valence-corrected chi connectivity index (χ3v) is 3.01. The van der Waals surface area contributed by atoms with E-state index >= 15 is 0 Å². The molecule has 0 atom stereocenters. The summed E-state index contributed by atoms with van der Waals surface area (Å²) in [4.78, 5) is 19.0. The molecule has 0 bridgehead atoms. The lowest BCUT2D eigenvalue weighted by Gasteiger charge is -2.06. The number of aromatic nitrogens is 2. The van der Waals surface area contributed by atoms with Crippen LogP contribution in [0.15, 0.2) is 36.7 Å². The summed E-state index contributed by atoms with van der Waals surface area (Å²) in [7, 11) is 0. The Morgan fingerprint density at radius 3 is 2.52 bits per heavy atom. The molecule has 0 aromatic carbocycles. The normalized spacial score (nSPS) is 11.4. The number of aryl methyl sites for hydroxylation is 1. The first-order chi connectivity index (χ1) is 9.86. The fraction of sp³-hybridized carbons (Fsp3) is 0.214. The molecule has 0 aliphatic carbocycles. The second-order valence-corrected chi connectivity index (χ2v) is 4.73. The highest BCUT2D eigenvalue weighted by Gasteiger charge is 2.31. The predicted molar refractivity (Wildman–Crippen MR) is 71.1 cm³/mol. The molecule has 2 rings (SSSR count). The number of hydrogen-bond donors (Lipinski definition) is 0. The van der Waals surface area contributed by atoms with Gasteiger partial charge in [0.15, 0.2) is 5.78 Å². The van der Waals surface area contributed by atoms with Crippen molar-refractivity contribution >= 4 is 17.4 Å². The van der Waals surface area contributed by atoms with Gasteiger partial charge in [0.1, 0.15) is 10.8 Å². The van der Waals surface area contributed by atoms with E-state index in [1.807, 2.05) is 0 Å². The van der Waals surface area contributed by atoms with Crippen molar-refractivity contribution in [2.45, 2.75) is 19.0 Å². The Balaban J connectivity index is 1.98. The quantitative estimate of drug-likeness (QED) is 0.633. The van der Waals surface area contributed by atoms with Crippen LogP contribution < -0.4 is 0 Å². The van der Waals surface area contributed by atoms with Gasteiger partial charge in [-0.2, -0.15) is 13.2 Å². The second-order valence-electron chi connectivity index (χ2n) is 4.34. The van der Waals surface area contributed by atoms with Crippen LogP contribution in [0.4, 0.5) is 13.2 Å².